The number of anilines is 2. The molecule has 2 aliphatic rings. The van der Waals surface area contributed by atoms with E-state index in [1.165, 1.54) is 5.56 Å². The Labute approximate surface area is 219 Å². The van der Waals surface area contributed by atoms with E-state index in [1.807, 2.05) is 62.1 Å². The van der Waals surface area contributed by atoms with Crippen LogP contribution in [0, 0.1) is 5.92 Å². The SMILES string of the molecule is CC(C)(C)OC(=O)NC[C@H]1CCN(c2ccc(NC(=O)N3CCC(c4ccc(Cl)cc4)CC3)cc2)C1. The number of hydrogen-bond donors (Lipinski definition) is 2. The standard InChI is InChI=1S/C28H37ClN4O3/c1-28(2,3)36-27(35)30-18-20-12-15-33(19-20)25-10-8-24(9-11-25)31-26(34)32-16-13-22(14-17-32)21-4-6-23(29)7-5-21/h4-11,20,22H,12-19H2,1-3H3,(H,30,35)(H,31,34)/t20-/m1/s1. The molecule has 0 radical (unpaired) electrons. The Morgan fingerprint density at radius 1 is 0.972 bits per heavy atom. The largest absolute Gasteiger partial charge is 0.444 e. The summed E-state index contributed by atoms with van der Waals surface area (Å²) in [4.78, 5) is 28.9. The second-order valence-electron chi connectivity index (χ2n) is 10.8. The van der Waals surface area contributed by atoms with E-state index in [1.54, 1.807) is 0 Å². The molecule has 0 spiro atoms. The molecule has 8 heteroatoms. The molecule has 2 fully saturated rings. The summed E-state index contributed by atoms with van der Waals surface area (Å²) in [5.41, 5.74) is 2.72. The highest BCUT2D eigenvalue weighted by atomic mass is 35.5. The highest BCUT2D eigenvalue weighted by Gasteiger charge is 2.26. The van der Waals surface area contributed by atoms with E-state index in [0.717, 1.165) is 61.8 Å². The van der Waals surface area contributed by atoms with Crippen molar-refractivity contribution in [2.45, 2.75) is 51.6 Å². The molecule has 2 aromatic rings. The third kappa shape index (κ3) is 7.29. The number of urea groups is 1. The monoisotopic (exact) mass is 512 g/mol. The lowest BCUT2D eigenvalue weighted by Gasteiger charge is -2.32. The van der Waals surface area contributed by atoms with Crippen molar-refractivity contribution in [3.8, 4) is 0 Å². The van der Waals surface area contributed by atoms with Gasteiger partial charge in [0.25, 0.3) is 0 Å². The Balaban J connectivity index is 1.21. The van der Waals surface area contributed by atoms with Gasteiger partial charge >= 0.3 is 12.1 Å². The first-order valence-corrected chi connectivity index (χ1v) is 13.2. The summed E-state index contributed by atoms with van der Waals surface area (Å²) < 4.78 is 5.32. The first kappa shape index (κ1) is 26.1. The number of amides is 3. The van der Waals surface area contributed by atoms with E-state index >= 15 is 0 Å². The van der Waals surface area contributed by atoms with E-state index in [9.17, 15) is 9.59 Å². The Bertz CT molecular complexity index is 1030. The maximum Gasteiger partial charge on any atom is 0.407 e. The second kappa shape index (κ2) is 11.4. The van der Waals surface area contributed by atoms with Crippen LogP contribution in [0.1, 0.15) is 51.5 Å². The Hall–Kier alpha value is -2.93. The van der Waals surface area contributed by atoms with Crippen molar-refractivity contribution in [1.82, 2.24) is 10.2 Å². The van der Waals surface area contributed by atoms with Gasteiger partial charge in [-0.15, -0.1) is 0 Å². The lowest BCUT2D eigenvalue weighted by molar-refractivity contribution is 0.0520. The van der Waals surface area contributed by atoms with Gasteiger partial charge in [0.2, 0.25) is 0 Å². The number of likely N-dealkylation sites (tertiary alicyclic amines) is 1. The molecule has 0 unspecified atom stereocenters. The van der Waals surface area contributed by atoms with E-state index < -0.39 is 5.60 Å². The molecule has 3 amide bonds. The van der Waals surface area contributed by atoms with Crippen molar-refractivity contribution < 1.29 is 14.3 Å². The van der Waals surface area contributed by atoms with Crippen molar-refractivity contribution in [1.29, 1.82) is 0 Å². The predicted octanol–water partition coefficient (Wildman–Crippen LogP) is 6.10. The maximum atomic E-state index is 12.8. The average molecular weight is 513 g/mol. The Morgan fingerprint density at radius 3 is 2.28 bits per heavy atom. The number of carbonyl (C=O) groups excluding carboxylic acids is 2. The summed E-state index contributed by atoms with van der Waals surface area (Å²) in [5, 5.41) is 6.68. The number of halogens is 1. The van der Waals surface area contributed by atoms with Gasteiger partial charge in [0.1, 0.15) is 5.60 Å². The second-order valence-corrected chi connectivity index (χ2v) is 11.2. The Morgan fingerprint density at radius 2 is 1.64 bits per heavy atom. The van der Waals surface area contributed by atoms with Gasteiger partial charge in [-0.1, -0.05) is 23.7 Å². The van der Waals surface area contributed by atoms with Crippen LogP contribution in [0.5, 0.6) is 0 Å². The molecule has 2 N–H and O–H groups in total. The molecular weight excluding hydrogens is 476 g/mol. The minimum Gasteiger partial charge on any atom is -0.444 e. The van der Waals surface area contributed by atoms with Crippen LogP contribution >= 0.6 is 11.6 Å². The van der Waals surface area contributed by atoms with Crippen LogP contribution in [0.3, 0.4) is 0 Å². The predicted molar refractivity (Wildman–Crippen MR) is 145 cm³/mol. The molecule has 4 rings (SSSR count). The quantitative estimate of drug-likeness (QED) is 0.507. The lowest BCUT2D eigenvalue weighted by atomic mass is 9.89. The molecule has 0 aliphatic carbocycles. The number of hydrogen-bond acceptors (Lipinski definition) is 4. The minimum atomic E-state index is -0.489. The zero-order valence-corrected chi connectivity index (χ0v) is 22.2. The molecule has 0 saturated carbocycles. The normalized spacial score (nSPS) is 18.7. The van der Waals surface area contributed by atoms with Crippen molar-refractivity contribution >= 4 is 35.1 Å². The van der Waals surface area contributed by atoms with Crippen molar-refractivity contribution in [3.05, 3.63) is 59.1 Å². The number of rotatable bonds is 5. The number of piperidine rings is 1. The fourth-order valence-corrected chi connectivity index (χ4v) is 5.01. The van der Waals surface area contributed by atoms with Crippen LogP contribution in [0.2, 0.25) is 5.02 Å². The van der Waals surface area contributed by atoms with Gasteiger partial charge in [0.05, 0.1) is 0 Å². The van der Waals surface area contributed by atoms with E-state index in [2.05, 4.69) is 27.7 Å². The van der Waals surface area contributed by atoms with Crippen molar-refractivity contribution in [3.63, 3.8) is 0 Å². The molecule has 2 saturated heterocycles. The number of nitrogens with zero attached hydrogens (tertiary/aromatic N) is 2. The number of carbonyl (C=O) groups is 2. The van der Waals surface area contributed by atoms with Crippen LogP contribution in [-0.2, 0) is 4.74 Å². The summed E-state index contributed by atoms with van der Waals surface area (Å²) in [6, 6.07) is 16.0. The van der Waals surface area contributed by atoms with Gasteiger partial charge in [0.15, 0.2) is 0 Å². The number of ether oxygens (including phenoxy) is 1. The van der Waals surface area contributed by atoms with Crippen LogP contribution in [0.4, 0.5) is 21.0 Å². The highest BCUT2D eigenvalue weighted by Crippen LogP contribution is 2.29. The van der Waals surface area contributed by atoms with Gasteiger partial charge in [-0.3, -0.25) is 0 Å². The van der Waals surface area contributed by atoms with Crippen LogP contribution in [0.25, 0.3) is 0 Å². The van der Waals surface area contributed by atoms with E-state index in [-0.39, 0.29) is 12.1 Å². The molecule has 0 aromatic heterocycles. The van der Waals surface area contributed by atoms with E-state index in [4.69, 9.17) is 16.3 Å². The fourth-order valence-electron chi connectivity index (χ4n) is 4.88. The van der Waals surface area contributed by atoms with Gasteiger partial charge in [0, 0.05) is 49.1 Å². The van der Waals surface area contributed by atoms with Crippen LogP contribution in [0.15, 0.2) is 48.5 Å². The maximum absolute atomic E-state index is 12.8. The molecule has 2 heterocycles. The third-order valence-corrected chi connectivity index (χ3v) is 7.08. The van der Waals surface area contributed by atoms with Gasteiger partial charge in [-0.05, 0) is 93.8 Å². The smallest absolute Gasteiger partial charge is 0.407 e. The number of nitrogens with one attached hydrogen (secondary N) is 2. The summed E-state index contributed by atoms with van der Waals surface area (Å²) in [6.07, 6.45) is 2.55. The molecule has 7 nitrogen and oxygen atoms in total. The zero-order valence-electron chi connectivity index (χ0n) is 21.4. The summed E-state index contributed by atoms with van der Waals surface area (Å²) in [6.45, 7) is 9.49. The molecule has 2 aromatic carbocycles. The van der Waals surface area contributed by atoms with Crippen molar-refractivity contribution in [2.24, 2.45) is 5.92 Å². The van der Waals surface area contributed by atoms with Gasteiger partial charge in [-0.2, -0.15) is 0 Å². The third-order valence-electron chi connectivity index (χ3n) is 6.83. The van der Waals surface area contributed by atoms with E-state index in [0.29, 0.717) is 18.4 Å². The average Bonchev–Trinajstić information content (AvgIpc) is 3.32. The molecule has 194 valence electrons. The topological polar surface area (TPSA) is 73.9 Å². The first-order valence-electron chi connectivity index (χ1n) is 12.8. The number of alkyl carbamates (subject to hydrolysis) is 1. The highest BCUT2D eigenvalue weighted by molar-refractivity contribution is 6.30. The molecule has 36 heavy (non-hydrogen) atoms. The van der Waals surface area contributed by atoms with Crippen LogP contribution in [-0.4, -0.2) is 55.3 Å². The van der Waals surface area contributed by atoms with Gasteiger partial charge in [-0.25, -0.2) is 9.59 Å². The molecule has 1 atom stereocenters. The van der Waals surface area contributed by atoms with Gasteiger partial charge < -0.3 is 25.2 Å². The van der Waals surface area contributed by atoms with Crippen LogP contribution < -0.4 is 15.5 Å². The summed E-state index contributed by atoms with van der Waals surface area (Å²) in [5.74, 6) is 0.849. The fraction of sp³-hybridized carbons (Fsp3) is 0.500. The zero-order chi connectivity index (χ0) is 25.7. The minimum absolute atomic E-state index is 0.0493. The molecule has 2 aliphatic heterocycles. The molecule has 0 bridgehead atoms. The summed E-state index contributed by atoms with van der Waals surface area (Å²) in [7, 11) is 0. The summed E-state index contributed by atoms with van der Waals surface area (Å²) >= 11 is 6.00. The first-order chi connectivity index (χ1) is 17.2. The lowest BCUT2D eigenvalue weighted by Crippen LogP contribution is -2.40. The Kier molecular flexibility index (Phi) is 8.29. The molecular formula is C28H37ClN4O3. The van der Waals surface area contributed by atoms with Crippen molar-refractivity contribution in [2.75, 3.05) is 42.9 Å². The number of benzene rings is 2.